The fourth-order valence-electron chi connectivity index (χ4n) is 3.05. The molecule has 116 valence electrons. The molecule has 1 aliphatic carbocycles. The van der Waals surface area contributed by atoms with Crippen LogP contribution >= 0.6 is 0 Å². The lowest BCUT2D eigenvalue weighted by molar-refractivity contribution is 0.1000. The number of aryl methyl sites for hydroxylation is 1. The van der Waals surface area contributed by atoms with Crippen LogP contribution in [0.2, 0.25) is 0 Å². The lowest BCUT2D eigenvalue weighted by Gasteiger charge is -2.24. The molecule has 0 radical (unpaired) electrons. The molecular weight excluding hydrogens is 262 g/mol. The number of hydrogen-bond acceptors (Lipinski definition) is 3. The van der Waals surface area contributed by atoms with E-state index < -0.39 is 0 Å². The molecule has 21 heavy (non-hydrogen) atoms. The number of carbonyl (C=O) groups is 1. The highest BCUT2D eigenvalue weighted by Crippen LogP contribution is 2.21. The Kier molecular flexibility index (Phi) is 5.76. The van der Waals surface area contributed by atoms with Crippen molar-refractivity contribution in [2.24, 2.45) is 5.73 Å². The Bertz CT molecular complexity index is 481. The van der Waals surface area contributed by atoms with E-state index in [1.54, 1.807) is 6.07 Å². The Morgan fingerprint density at radius 2 is 2.10 bits per heavy atom. The van der Waals surface area contributed by atoms with Crippen molar-refractivity contribution < 1.29 is 4.79 Å². The normalized spacial score (nSPS) is 15.8. The first-order valence-electron chi connectivity index (χ1n) is 7.88. The summed E-state index contributed by atoms with van der Waals surface area (Å²) in [5.41, 5.74) is 8.21. The number of hydrogen-bond donors (Lipinski definition) is 2. The Morgan fingerprint density at radius 3 is 2.71 bits per heavy atom. The third kappa shape index (κ3) is 4.55. The molecule has 0 spiro atoms. The van der Waals surface area contributed by atoms with Crippen molar-refractivity contribution in [3.8, 4) is 0 Å². The molecule has 0 heterocycles. The maximum absolute atomic E-state index is 11.1. The van der Waals surface area contributed by atoms with Crippen LogP contribution in [0.15, 0.2) is 18.2 Å². The maximum atomic E-state index is 11.1. The molecule has 1 aromatic rings. The average molecular weight is 289 g/mol. The summed E-state index contributed by atoms with van der Waals surface area (Å²) in [6.45, 7) is 4.94. The molecule has 1 fully saturated rings. The SMILES string of the molecule is Cc1cc(C(N)=O)ccc1CNCCN(C)C1CCCC1. The van der Waals surface area contributed by atoms with Crippen molar-refractivity contribution >= 4 is 5.91 Å². The van der Waals surface area contributed by atoms with E-state index in [9.17, 15) is 4.79 Å². The minimum Gasteiger partial charge on any atom is -0.366 e. The number of amides is 1. The first kappa shape index (κ1) is 16.0. The third-order valence-corrected chi connectivity index (χ3v) is 4.53. The molecule has 0 saturated heterocycles. The third-order valence-electron chi connectivity index (χ3n) is 4.53. The first-order chi connectivity index (χ1) is 10.1. The van der Waals surface area contributed by atoms with Gasteiger partial charge in [-0.05, 0) is 50.1 Å². The molecule has 4 heteroatoms. The van der Waals surface area contributed by atoms with Crippen LogP contribution in [-0.2, 0) is 6.54 Å². The second kappa shape index (κ2) is 7.57. The van der Waals surface area contributed by atoms with Gasteiger partial charge in [-0.15, -0.1) is 0 Å². The van der Waals surface area contributed by atoms with E-state index in [0.717, 1.165) is 31.2 Å². The molecule has 1 aromatic carbocycles. The topological polar surface area (TPSA) is 58.4 Å². The van der Waals surface area contributed by atoms with Crippen LogP contribution in [0.5, 0.6) is 0 Å². The van der Waals surface area contributed by atoms with E-state index in [4.69, 9.17) is 5.73 Å². The van der Waals surface area contributed by atoms with Gasteiger partial charge in [-0.2, -0.15) is 0 Å². The van der Waals surface area contributed by atoms with E-state index in [1.807, 2.05) is 19.1 Å². The summed E-state index contributed by atoms with van der Waals surface area (Å²) < 4.78 is 0. The van der Waals surface area contributed by atoms with Crippen molar-refractivity contribution in [3.05, 3.63) is 34.9 Å². The molecule has 0 atom stereocenters. The number of rotatable bonds is 7. The Labute approximate surface area is 127 Å². The zero-order valence-corrected chi connectivity index (χ0v) is 13.2. The highest BCUT2D eigenvalue weighted by molar-refractivity contribution is 5.93. The van der Waals surface area contributed by atoms with Gasteiger partial charge in [0, 0.05) is 31.2 Å². The van der Waals surface area contributed by atoms with Crippen LogP contribution in [0.4, 0.5) is 0 Å². The predicted octanol–water partition coefficient (Wildman–Crippen LogP) is 2.06. The van der Waals surface area contributed by atoms with Crippen molar-refractivity contribution in [1.82, 2.24) is 10.2 Å². The molecule has 1 amide bonds. The van der Waals surface area contributed by atoms with E-state index in [-0.39, 0.29) is 5.91 Å². The lowest BCUT2D eigenvalue weighted by atomic mass is 10.0. The van der Waals surface area contributed by atoms with Gasteiger partial charge < -0.3 is 16.0 Å². The predicted molar refractivity (Wildman–Crippen MR) is 86.3 cm³/mol. The van der Waals surface area contributed by atoms with Gasteiger partial charge in [-0.1, -0.05) is 18.9 Å². The van der Waals surface area contributed by atoms with Gasteiger partial charge in [0.2, 0.25) is 5.91 Å². The molecule has 0 aromatic heterocycles. The standard InChI is InChI=1S/C17H27N3O/c1-13-11-14(17(18)21)7-8-15(13)12-19-9-10-20(2)16-5-3-4-6-16/h7-8,11,16,19H,3-6,9-10,12H2,1-2H3,(H2,18,21). The number of benzene rings is 1. The van der Waals surface area contributed by atoms with Gasteiger partial charge >= 0.3 is 0 Å². The Hall–Kier alpha value is -1.39. The lowest BCUT2D eigenvalue weighted by Crippen LogP contribution is -2.35. The minimum absolute atomic E-state index is 0.365. The van der Waals surface area contributed by atoms with E-state index >= 15 is 0 Å². The quantitative estimate of drug-likeness (QED) is 0.755. The molecule has 4 nitrogen and oxygen atoms in total. The number of carbonyl (C=O) groups excluding carboxylic acids is 1. The van der Waals surface area contributed by atoms with E-state index in [1.165, 1.54) is 31.2 Å². The second-order valence-corrected chi connectivity index (χ2v) is 6.10. The summed E-state index contributed by atoms with van der Waals surface area (Å²) in [4.78, 5) is 13.6. The van der Waals surface area contributed by atoms with Crippen LogP contribution < -0.4 is 11.1 Å². The summed E-state index contributed by atoms with van der Waals surface area (Å²) in [6, 6.07) is 6.44. The van der Waals surface area contributed by atoms with Gasteiger partial charge in [-0.3, -0.25) is 4.79 Å². The van der Waals surface area contributed by atoms with Crippen molar-refractivity contribution in [1.29, 1.82) is 0 Å². The molecule has 0 bridgehead atoms. The molecule has 3 N–H and O–H groups in total. The summed E-state index contributed by atoms with van der Waals surface area (Å²) in [7, 11) is 2.23. The van der Waals surface area contributed by atoms with Gasteiger partial charge in [0.1, 0.15) is 0 Å². The van der Waals surface area contributed by atoms with Gasteiger partial charge in [0.05, 0.1) is 0 Å². The summed E-state index contributed by atoms with van der Waals surface area (Å²) in [5.74, 6) is -0.365. The molecule has 1 aliphatic rings. The monoisotopic (exact) mass is 289 g/mol. The van der Waals surface area contributed by atoms with Crippen molar-refractivity contribution in [2.75, 3.05) is 20.1 Å². The molecule has 2 rings (SSSR count). The Morgan fingerprint density at radius 1 is 1.38 bits per heavy atom. The number of likely N-dealkylation sites (N-methyl/N-ethyl adjacent to an activating group) is 1. The number of primary amides is 1. The zero-order chi connectivity index (χ0) is 15.2. The van der Waals surface area contributed by atoms with Crippen LogP contribution in [0, 0.1) is 6.92 Å². The highest BCUT2D eigenvalue weighted by atomic mass is 16.1. The maximum Gasteiger partial charge on any atom is 0.248 e. The molecule has 0 unspecified atom stereocenters. The second-order valence-electron chi connectivity index (χ2n) is 6.10. The zero-order valence-electron chi connectivity index (χ0n) is 13.2. The highest BCUT2D eigenvalue weighted by Gasteiger charge is 2.18. The van der Waals surface area contributed by atoms with Gasteiger partial charge in [0.15, 0.2) is 0 Å². The molecular formula is C17H27N3O. The summed E-state index contributed by atoms with van der Waals surface area (Å²) >= 11 is 0. The minimum atomic E-state index is -0.365. The first-order valence-corrected chi connectivity index (χ1v) is 7.88. The number of nitrogens with one attached hydrogen (secondary N) is 1. The summed E-state index contributed by atoms with van der Waals surface area (Å²) in [6.07, 6.45) is 5.47. The number of nitrogens with zero attached hydrogens (tertiary/aromatic N) is 1. The van der Waals surface area contributed by atoms with Crippen LogP contribution in [0.1, 0.15) is 47.2 Å². The van der Waals surface area contributed by atoms with E-state index in [2.05, 4.69) is 17.3 Å². The summed E-state index contributed by atoms with van der Waals surface area (Å²) in [5, 5.41) is 3.49. The van der Waals surface area contributed by atoms with Crippen LogP contribution in [0.3, 0.4) is 0 Å². The molecule has 0 aliphatic heterocycles. The van der Waals surface area contributed by atoms with Gasteiger partial charge in [0.25, 0.3) is 0 Å². The smallest absolute Gasteiger partial charge is 0.248 e. The molecule has 1 saturated carbocycles. The van der Waals surface area contributed by atoms with Crippen LogP contribution in [-0.4, -0.2) is 37.0 Å². The fourth-order valence-corrected chi connectivity index (χ4v) is 3.05. The van der Waals surface area contributed by atoms with E-state index in [0.29, 0.717) is 5.56 Å². The number of nitrogens with two attached hydrogens (primary N) is 1. The van der Waals surface area contributed by atoms with Crippen molar-refractivity contribution in [3.63, 3.8) is 0 Å². The van der Waals surface area contributed by atoms with Crippen molar-refractivity contribution in [2.45, 2.75) is 45.2 Å². The fraction of sp³-hybridized carbons (Fsp3) is 0.588. The van der Waals surface area contributed by atoms with Crippen LogP contribution in [0.25, 0.3) is 0 Å². The Balaban J connectivity index is 1.74. The average Bonchev–Trinajstić information content (AvgIpc) is 2.98. The largest absolute Gasteiger partial charge is 0.366 e. The van der Waals surface area contributed by atoms with Gasteiger partial charge in [-0.25, -0.2) is 0 Å².